The molecule has 0 saturated carbocycles. The van der Waals surface area contributed by atoms with Crippen LogP contribution >= 0.6 is 43.5 Å². The zero-order valence-corrected chi connectivity index (χ0v) is 24.5. The molecule has 3 aromatic rings. The summed E-state index contributed by atoms with van der Waals surface area (Å²) in [4.78, 5) is 24.8. The van der Waals surface area contributed by atoms with Gasteiger partial charge in [0.15, 0.2) is 18.1 Å². The molecule has 0 aliphatic rings. The number of hydrazone groups is 1. The average Bonchev–Trinajstić information content (AvgIpc) is 2.87. The second-order valence-corrected chi connectivity index (χ2v) is 10.3. The van der Waals surface area contributed by atoms with Crippen LogP contribution in [0.15, 0.2) is 62.6 Å². The van der Waals surface area contributed by atoms with Crippen LogP contribution in [0, 0.1) is 6.92 Å². The quantitative estimate of drug-likeness (QED) is 0.116. The van der Waals surface area contributed by atoms with Crippen molar-refractivity contribution >= 4 is 61.6 Å². The van der Waals surface area contributed by atoms with E-state index >= 15 is 0 Å². The number of carbonyl (C=O) groups excluding carboxylic acids is 2. The molecule has 1 amide bonds. The highest BCUT2D eigenvalue weighted by Crippen LogP contribution is 2.40. The van der Waals surface area contributed by atoms with Crippen molar-refractivity contribution in [2.75, 3.05) is 13.7 Å². The number of benzene rings is 3. The Kier molecular flexibility index (Phi) is 10.1. The van der Waals surface area contributed by atoms with Gasteiger partial charge in [0.25, 0.3) is 5.91 Å². The fourth-order valence-electron chi connectivity index (χ4n) is 3.27. The Morgan fingerprint density at radius 1 is 1.11 bits per heavy atom. The number of nitrogens with zero attached hydrogens (tertiary/aromatic N) is 1. The molecule has 1 N–H and O–H groups in total. The first-order valence-electron chi connectivity index (χ1n) is 11.2. The molecule has 194 valence electrons. The Hall–Kier alpha value is -2.88. The van der Waals surface area contributed by atoms with Gasteiger partial charge in [0.05, 0.1) is 28.4 Å². The first-order valence-corrected chi connectivity index (χ1v) is 13.2. The number of ether oxygens (including phenoxy) is 3. The Morgan fingerprint density at radius 3 is 2.51 bits per heavy atom. The standard InChI is InChI=1S/C27H25Br2ClN2O5/c1-15(2)19-12-20(28)16(3)25(29)26(19)36-14-24(33)32-31-13-17-9-10-22(23(11-17)35-4)37-27(34)18-7-5-6-8-21(18)30/h5-13,15H,14H2,1-4H3,(H,32,33). The molecule has 0 aliphatic carbocycles. The second kappa shape index (κ2) is 13.1. The zero-order chi connectivity index (χ0) is 27.1. The molecule has 7 nitrogen and oxygen atoms in total. The van der Waals surface area contributed by atoms with Crippen molar-refractivity contribution in [1.29, 1.82) is 0 Å². The van der Waals surface area contributed by atoms with E-state index in [1.165, 1.54) is 13.3 Å². The van der Waals surface area contributed by atoms with Crippen molar-refractivity contribution in [3.05, 3.63) is 84.8 Å². The maximum Gasteiger partial charge on any atom is 0.345 e. The van der Waals surface area contributed by atoms with Gasteiger partial charge in [-0.15, -0.1) is 0 Å². The Bertz CT molecular complexity index is 1340. The van der Waals surface area contributed by atoms with Crippen molar-refractivity contribution in [2.45, 2.75) is 26.7 Å². The summed E-state index contributed by atoms with van der Waals surface area (Å²) < 4.78 is 18.4. The number of carbonyl (C=O) groups is 2. The lowest BCUT2D eigenvalue weighted by molar-refractivity contribution is -0.123. The molecule has 0 aromatic heterocycles. The molecular formula is C27H25Br2ClN2O5. The van der Waals surface area contributed by atoms with Crippen molar-refractivity contribution < 1.29 is 23.8 Å². The summed E-state index contributed by atoms with van der Waals surface area (Å²) in [5.41, 5.74) is 5.26. The molecule has 0 bridgehead atoms. The third kappa shape index (κ3) is 7.34. The third-order valence-corrected chi connectivity index (χ3v) is 7.40. The molecule has 3 rings (SSSR count). The highest BCUT2D eigenvalue weighted by molar-refractivity contribution is 9.11. The number of halogens is 3. The summed E-state index contributed by atoms with van der Waals surface area (Å²) in [6.45, 7) is 5.85. The maximum atomic E-state index is 12.5. The van der Waals surface area contributed by atoms with Gasteiger partial charge in [-0.25, -0.2) is 10.2 Å². The molecule has 0 atom stereocenters. The van der Waals surface area contributed by atoms with Crippen LogP contribution in [0.4, 0.5) is 0 Å². The molecule has 0 saturated heterocycles. The predicted octanol–water partition coefficient (Wildman–Crippen LogP) is 7.05. The Morgan fingerprint density at radius 2 is 1.84 bits per heavy atom. The van der Waals surface area contributed by atoms with E-state index in [1.807, 2.05) is 13.0 Å². The number of hydrogen-bond acceptors (Lipinski definition) is 6. The van der Waals surface area contributed by atoms with Gasteiger partial charge in [-0.05, 0) is 81.9 Å². The topological polar surface area (TPSA) is 86.2 Å². The smallest absolute Gasteiger partial charge is 0.345 e. The summed E-state index contributed by atoms with van der Waals surface area (Å²) in [5.74, 6) is 0.336. The van der Waals surface area contributed by atoms with Crippen molar-refractivity contribution in [2.24, 2.45) is 5.10 Å². The molecule has 0 fully saturated rings. The SMILES string of the molecule is COc1cc(C=NNC(=O)COc2c(C(C)C)cc(Br)c(C)c2Br)ccc1OC(=O)c1ccccc1Cl. The minimum atomic E-state index is -0.606. The average molecular weight is 653 g/mol. The fourth-order valence-corrected chi connectivity index (χ4v) is 4.75. The van der Waals surface area contributed by atoms with Crippen LogP contribution in [0.1, 0.15) is 46.8 Å². The molecule has 37 heavy (non-hydrogen) atoms. The van der Waals surface area contributed by atoms with Crippen LogP contribution in [0.3, 0.4) is 0 Å². The Labute approximate surface area is 237 Å². The van der Waals surface area contributed by atoms with Gasteiger partial charge >= 0.3 is 5.97 Å². The van der Waals surface area contributed by atoms with E-state index in [1.54, 1.807) is 42.5 Å². The first kappa shape index (κ1) is 28.7. The Balaban J connectivity index is 1.63. The van der Waals surface area contributed by atoms with Gasteiger partial charge in [-0.1, -0.05) is 53.5 Å². The number of methoxy groups -OCH3 is 1. The van der Waals surface area contributed by atoms with E-state index in [9.17, 15) is 9.59 Å². The molecule has 0 heterocycles. The minimum absolute atomic E-state index is 0.200. The molecule has 3 aromatic carbocycles. The minimum Gasteiger partial charge on any atom is -0.493 e. The van der Waals surface area contributed by atoms with E-state index in [4.69, 9.17) is 25.8 Å². The van der Waals surface area contributed by atoms with E-state index < -0.39 is 11.9 Å². The number of hydrogen-bond donors (Lipinski definition) is 1. The van der Waals surface area contributed by atoms with Crippen LogP contribution < -0.4 is 19.6 Å². The van der Waals surface area contributed by atoms with Crippen LogP contribution in [0.2, 0.25) is 5.02 Å². The summed E-state index contributed by atoms with van der Waals surface area (Å²) >= 11 is 13.2. The summed E-state index contributed by atoms with van der Waals surface area (Å²) in [5, 5.41) is 4.28. The van der Waals surface area contributed by atoms with Gasteiger partial charge < -0.3 is 14.2 Å². The lowest BCUT2D eigenvalue weighted by Gasteiger charge is -2.18. The summed E-state index contributed by atoms with van der Waals surface area (Å²) in [6, 6.07) is 13.5. The summed E-state index contributed by atoms with van der Waals surface area (Å²) in [7, 11) is 1.45. The number of esters is 1. The first-order chi connectivity index (χ1) is 17.6. The van der Waals surface area contributed by atoms with Gasteiger partial charge in [0.2, 0.25) is 0 Å². The van der Waals surface area contributed by atoms with Crippen LogP contribution in [-0.4, -0.2) is 31.8 Å². The van der Waals surface area contributed by atoms with E-state index in [-0.39, 0.29) is 28.9 Å². The largest absolute Gasteiger partial charge is 0.493 e. The van der Waals surface area contributed by atoms with Gasteiger partial charge in [0, 0.05) is 4.47 Å². The van der Waals surface area contributed by atoms with Gasteiger partial charge in [0.1, 0.15) is 5.75 Å². The number of amides is 1. The van der Waals surface area contributed by atoms with Crippen LogP contribution in [-0.2, 0) is 4.79 Å². The second-order valence-electron chi connectivity index (χ2n) is 8.23. The van der Waals surface area contributed by atoms with Crippen molar-refractivity contribution in [3.8, 4) is 17.2 Å². The zero-order valence-electron chi connectivity index (χ0n) is 20.6. The molecular weight excluding hydrogens is 628 g/mol. The monoisotopic (exact) mass is 650 g/mol. The normalized spacial score (nSPS) is 11.0. The van der Waals surface area contributed by atoms with Gasteiger partial charge in [-0.3, -0.25) is 4.79 Å². The van der Waals surface area contributed by atoms with E-state index in [0.717, 1.165) is 20.1 Å². The molecule has 0 spiro atoms. The number of rotatable bonds is 9. The van der Waals surface area contributed by atoms with Gasteiger partial charge in [-0.2, -0.15) is 5.10 Å². The lowest BCUT2D eigenvalue weighted by Crippen LogP contribution is -2.25. The van der Waals surface area contributed by atoms with Crippen LogP contribution in [0.25, 0.3) is 0 Å². The molecule has 10 heteroatoms. The van der Waals surface area contributed by atoms with Crippen molar-refractivity contribution in [3.63, 3.8) is 0 Å². The van der Waals surface area contributed by atoms with E-state index in [0.29, 0.717) is 17.1 Å². The third-order valence-electron chi connectivity index (χ3n) is 5.29. The van der Waals surface area contributed by atoms with Crippen LogP contribution in [0.5, 0.6) is 17.2 Å². The highest BCUT2D eigenvalue weighted by Gasteiger charge is 2.18. The highest BCUT2D eigenvalue weighted by atomic mass is 79.9. The van der Waals surface area contributed by atoms with E-state index in [2.05, 4.69) is 56.2 Å². The summed E-state index contributed by atoms with van der Waals surface area (Å²) in [6.07, 6.45) is 1.44. The molecule has 0 radical (unpaired) electrons. The fraction of sp³-hybridized carbons (Fsp3) is 0.222. The molecule has 0 unspecified atom stereocenters. The lowest BCUT2D eigenvalue weighted by atomic mass is 10.0. The predicted molar refractivity (Wildman–Crippen MR) is 151 cm³/mol. The maximum absolute atomic E-state index is 12.5. The van der Waals surface area contributed by atoms with Crippen molar-refractivity contribution in [1.82, 2.24) is 5.43 Å². The number of nitrogens with one attached hydrogen (secondary N) is 1. The molecule has 0 aliphatic heterocycles.